The van der Waals surface area contributed by atoms with E-state index in [1.54, 1.807) is 23.9 Å². The Hall–Kier alpha value is -2.25. The van der Waals surface area contributed by atoms with E-state index in [-0.39, 0.29) is 12.1 Å². The van der Waals surface area contributed by atoms with Crippen LogP contribution in [0, 0.1) is 12.8 Å². The highest BCUT2D eigenvalue weighted by atomic mass is 32.1. The molecule has 4 heterocycles. The second-order valence-electron chi connectivity index (χ2n) is 8.06. The first-order chi connectivity index (χ1) is 14.0. The smallest absolute Gasteiger partial charge is 0.138 e. The lowest BCUT2D eigenvalue weighted by molar-refractivity contribution is 0.175. The maximum Gasteiger partial charge on any atom is 0.138 e. The van der Waals surface area contributed by atoms with Gasteiger partial charge in [0.05, 0.1) is 17.6 Å². The first-order valence-corrected chi connectivity index (χ1v) is 11.2. The maximum atomic E-state index is 6.22. The molecule has 0 fully saturated rings. The number of hydrogen-bond donors (Lipinski definition) is 2. The van der Waals surface area contributed by atoms with Crippen molar-refractivity contribution >= 4 is 27.4 Å². The standard InChI is InChI=1S/C22H29N5OS/c1-13(2)20(15(4)28-16-8-7-14(3)24-10-16)27-21-19-17-6-5-9-23-11-18(17)29-22(19)26-12-25-21/h7-8,10,12-13,15,20,23H,5-6,9,11H2,1-4H3,(H,25,26,27)/t15-,20?/m0/s1. The molecule has 0 aromatic carbocycles. The van der Waals surface area contributed by atoms with Gasteiger partial charge in [0, 0.05) is 17.1 Å². The first kappa shape index (κ1) is 20.0. The summed E-state index contributed by atoms with van der Waals surface area (Å²) in [6.07, 6.45) is 5.63. The molecular formula is C22H29N5OS. The van der Waals surface area contributed by atoms with Crippen molar-refractivity contribution in [1.82, 2.24) is 20.3 Å². The lowest BCUT2D eigenvalue weighted by Gasteiger charge is -2.29. The van der Waals surface area contributed by atoms with E-state index in [4.69, 9.17) is 4.74 Å². The van der Waals surface area contributed by atoms with E-state index in [1.807, 2.05) is 19.1 Å². The summed E-state index contributed by atoms with van der Waals surface area (Å²) >= 11 is 1.78. The Balaban J connectivity index is 1.62. The number of thiophene rings is 1. The predicted octanol–water partition coefficient (Wildman–Crippen LogP) is 4.33. The molecule has 7 heteroatoms. The molecule has 6 nitrogen and oxygen atoms in total. The molecule has 0 spiro atoms. The summed E-state index contributed by atoms with van der Waals surface area (Å²) in [4.78, 5) is 16.0. The molecular weight excluding hydrogens is 382 g/mol. The SMILES string of the molecule is Cc1ccc(O[C@@H](C)C(Nc2ncnc3sc4c(c23)CCCNC4)C(C)C)cn1. The van der Waals surface area contributed by atoms with Crippen LogP contribution in [-0.2, 0) is 13.0 Å². The van der Waals surface area contributed by atoms with Gasteiger partial charge in [-0.3, -0.25) is 4.98 Å². The Morgan fingerprint density at radius 2 is 2.03 bits per heavy atom. The van der Waals surface area contributed by atoms with Gasteiger partial charge in [-0.05, 0) is 56.8 Å². The van der Waals surface area contributed by atoms with Crippen molar-refractivity contribution in [3.63, 3.8) is 0 Å². The van der Waals surface area contributed by atoms with Gasteiger partial charge in [0.2, 0.25) is 0 Å². The van der Waals surface area contributed by atoms with Gasteiger partial charge in [-0.2, -0.15) is 0 Å². The molecule has 0 aliphatic carbocycles. The summed E-state index contributed by atoms with van der Waals surface area (Å²) in [7, 11) is 0. The third kappa shape index (κ3) is 4.36. The Bertz CT molecular complexity index is 969. The van der Waals surface area contributed by atoms with Crippen LogP contribution in [0.3, 0.4) is 0 Å². The molecule has 0 bridgehead atoms. The molecule has 154 valence electrons. The molecule has 2 atom stereocenters. The fourth-order valence-corrected chi connectivity index (χ4v) is 5.10. The van der Waals surface area contributed by atoms with Crippen molar-refractivity contribution in [2.75, 3.05) is 11.9 Å². The van der Waals surface area contributed by atoms with Gasteiger partial charge in [-0.25, -0.2) is 9.97 Å². The summed E-state index contributed by atoms with van der Waals surface area (Å²) in [5.41, 5.74) is 2.39. The van der Waals surface area contributed by atoms with Crippen LogP contribution in [0.2, 0.25) is 0 Å². The van der Waals surface area contributed by atoms with Crippen molar-refractivity contribution < 1.29 is 4.74 Å². The van der Waals surface area contributed by atoms with Crippen LogP contribution in [0.25, 0.3) is 10.2 Å². The fourth-order valence-electron chi connectivity index (χ4n) is 3.94. The van der Waals surface area contributed by atoms with Gasteiger partial charge in [0.1, 0.15) is 28.8 Å². The number of nitrogens with zero attached hydrogens (tertiary/aromatic N) is 3. The quantitative estimate of drug-likeness (QED) is 0.629. The van der Waals surface area contributed by atoms with Gasteiger partial charge in [-0.15, -0.1) is 11.3 Å². The molecule has 0 saturated heterocycles. The molecule has 4 rings (SSSR count). The number of aromatic nitrogens is 3. The highest BCUT2D eigenvalue weighted by molar-refractivity contribution is 7.18. The monoisotopic (exact) mass is 411 g/mol. The number of rotatable bonds is 6. The summed E-state index contributed by atoms with van der Waals surface area (Å²) in [6, 6.07) is 4.06. The minimum Gasteiger partial charge on any atom is -0.487 e. The number of hydrogen-bond acceptors (Lipinski definition) is 7. The summed E-state index contributed by atoms with van der Waals surface area (Å²) in [6.45, 7) is 10.5. The minimum atomic E-state index is -0.0385. The zero-order chi connectivity index (χ0) is 20.4. The molecule has 1 unspecified atom stereocenters. The van der Waals surface area contributed by atoms with Crippen LogP contribution in [0.4, 0.5) is 5.82 Å². The number of pyridine rings is 1. The molecule has 1 aliphatic heterocycles. The fraction of sp³-hybridized carbons (Fsp3) is 0.500. The second kappa shape index (κ2) is 8.63. The third-order valence-corrected chi connectivity index (χ3v) is 6.61. The molecule has 3 aromatic rings. The van der Waals surface area contributed by atoms with Crippen LogP contribution in [-0.4, -0.2) is 33.6 Å². The molecule has 0 radical (unpaired) electrons. The van der Waals surface area contributed by atoms with Crippen LogP contribution in [0.5, 0.6) is 5.75 Å². The lowest BCUT2D eigenvalue weighted by atomic mass is 9.98. The van der Waals surface area contributed by atoms with Crippen molar-refractivity contribution in [2.24, 2.45) is 5.92 Å². The van der Waals surface area contributed by atoms with E-state index in [0.717, 1.165) is 48.0 Å². The van der Waals surface area contributed by atoms with Crippen molar-refractivity contribution in [2.45, 2.75) is 59.2 Å². The number of aryl methyl sites for hydroxylation is 2. The van der Waals surface area contributed by atoms with E-state index in [2.05, 4.69) is 46.4 Å². The van der Waals surface area contributed by atoms with Crippen LogP contribution >= 0.6 is 11.3 Å². The zero-order valence-corrected chi connectivity index (χ0v) is 18.3. The molecule has 29 heavy (non-hydrogen) atoms. The van der Waals surface area contributed by atoms with Crippen molar-refractivity contribution in [3.05, 3.63) is 40.8 Å². The molecule has 3 aromatic heterocycles. The number of fused-ring (bicyclic) bond motifs is 3. The Kier molecular flexibility index (Phi) is 5.96. The molecule has 0 amide bonds. The summed E-state index contributed by atoms with van der Waals surface area (Å²) < 4.78 is 6.22. The molecule has 0 saturated carbocycles. The Labute approximate surface area is 176 Å². The first-order valence-electron chi connectivity index (χ1n) is 10.3. The maximum absolute atomic E-state index is 6.22. The molecule has 1 aliphatic rings. The largest absolute Gasteiger partial charge is 0.487 e. The number of anilines is 1. The van der Waals surface area contributed by atoms with Gasteiger partial charge in [0.25, 0.3) is 0 Å². The van der Waals surface area contributed by atoms with E-state index >= 15 is 0 Å². The summed E-state index contributed by atoms with van der Waals surface area (Å²) in [5.74, 6) is 2.08. The Morgan fingerprint density at radius 3 is 2.79 bits per heavy atom. The van der Waals surface area contributed by atoms with E-state index in [1.165, 1.54) is 15.8 Å². The third-order valence-electron chi connectivity index (χ3n) is 5.47. The van der Waals surface area contributed by atoms with Gasteiger partial charge in [0.15, 0.2) is 0 Å². The minimum absolute atomic E-state index is 0.0385. The van der Waals surface area contributed by atoms with E-state index < -0.39 is 0 Å². The van der Waals surface area contributed by atoms with Crippen LogP contribution in [0.1, 0.15) is 43.3 Å². The lowest BCUT2D eigenvalue weighted by Crippen LogP contribution is -2.40. The second-order valence-corrected chi connectivity index (χ2v) is 9.14. The molecule has 2 N–H and O–H groups in total. The Morgan fingerprint density at radius 1 is 1.17 bits per heavy atom. The number of ether oxygens (including phenoxy) is 1. The van der Waals surface area contributed by atoms with Crippen LogP contribution < -0.4 is 15.4 Å². The van der Waals surface area contributed by atoms with E-state index in [0.29, 0.717) is 5.92 Å². The normalized spacial score (nSPS) is 16.3. The number of nitrogens with one attached hydrogen (secondary N) is 2. The van der Waals surface area contributed by atoms with Gasteiger partial charge in [-0.1, -0.05) is 13.8 Å². The summed E-state index contributed by atoms with van der Waals surface area (Å²) in [5, 5.41) is 8.39. The van der Waals surface area contributed by atoms with Gasteiger partial charge >= 0.3 is 0 Å². The zero-order valence-electron chi connectivity index (χ0n) is 17.5. The average molecular weight is 412 g/mol. The predicted molar refractivity (Wildman–Crippen MR) is 119 cm³/mol. The van der Waals surface area contributed by atoms with Crippen molar-refractivity contribution in [3.8, 4) is 5.75 Å². The highest BCUT2D eigenvalue weighted by Crippen LogP contribution is 2.36. The highest BCUT2D eigenvalue weighted by Gasteiger charge is 2.26. The van der Waals surface area contributed by atoms with Crippen LogP contribution in [0.15, 0.2) is 24.7 Å². The average Bonchev–Trinajstić information content (AvgIpc) is 2.89. The topological polar surface area (TPSA) is 72.0 Å². The van der Waals surface area contributed by atoms with Gasteiger partial charge < -0.3 is 15.4 Å². The van der Waals surface area contributed by atoms with E-state index in [9.17, 15) is 0 Å². The van der Waals surface area contributed by atoms with Crippen molar-refractivity contribution in [1.29, 1.82) is 0 Å².